The van der Waals surface area contributed by atoms with E-state index in [4.69, 9.17) is 4.74 Å². The van der Waals surface area contributed by atoms with Crippen LogP contribution in [0.1, 0.15) is 42.4 Å². The van der Waals surface area contributed by atoms with Crippen LogP contribution in [0.3, 0.4) is 0 Å². The molecule has 2 atom stereocenters. The molecule has 176 valence electrons. The molecule has 8 heteroatoms. The van der Waals surface area contributed by atoms with Crippen LogP contribution in [0.15, 0.2) is 59.1 Å². The summed E-state index contributed by atoms with van der Waals surface area (Å²) in [5, 5.41) is 15.8. The van der Waals surface area contributed by atoms with Crippen molar-refractivity contribution in [1.29, 1.82) is 5.26 Å². The van der Waals surface area contributed by atoms with Gasteiger partial charge in [-0.1, -0.05) is 68.1 Å². The van der Waals surface area contributed by atoms with E-state index in [-0.39, 0.29) is 22.3 Å². The maximum Gasteiger partial charge on any atom is 0.319 e. The number of benzene rings is 2. The first kappa shape index (κ1) is 25.1. The van der Waals surface area contributed by atoms with E-state index < -0.39 is 23.7 Å². The van der Waals surface area contributed by atoms with Gasteiger partial charge in [-0.3, -0.25) is 14.4 Å². The number of hydrogen-bond donors (Lipinski definition) is 2. The summed E-state index contributed by atoms with van der Waals surface area (Å²) in [7, 11) is 1.21. The van der Waals surface area contributed by atoms with Gasteiger partial charge in [0.05, 0.1) is 29.5 Å². The van der Waals surface area contributed by atoms with Crippen LogP contribution in [0.4, 0.5) is 5.69 Å². The molecule has 2 aromatic carbocycles. The summed E-state index contributed by atoms with van der Waals surface area (Å²) in [6.07, 6.45) is 0. The third-order valence-electron chi connectivity index (χ3n) is 5.71. The lowest BCUT2D eigenvalue weighted by Crippen LogP contribution is -2.44. The van der Waals surface area contributed by atoms with Gasteiger partial charge in [0.15, 0.2) is 0 Å². The number of rotatable bonds is 7. The number of nitriles is 1. The third-order valence-corrected chi connectivity index (χ3v) is 6.73. The maximum atomic E-state index is 12.9. The Bertz CT molecular complexity index is 1170. The van der Waals surface area contributed by atoms with Gasteiger partial charge >= 0.3 is 5.97 Å². The van der Waals surface area contributed by atoms with Gasteiger partial charge in [-0.2, -0.15) is 5.26 Å². The van der Waals surface area contributed by atoms with Crippen LogP contribution in [-0.4, -0.2) is 30.6 Å². The fraction of sp³-hybridized carbons (Fsp3) is 0.308. The van der Waals surface area contributed by atoms with E-state index in [9.17, 15) is 19.6 Å². The van der Waals surface area contributed by atoms with Crippen molar-refractivity contribution in [3.8, 4) is 6.07 Å². The zero-order valence-electron chi connectivity index (χ0n) is 19.5. The van der Waals surface area contributed by atoms with Gasteiger partial charge in [0.25, 0.3) is 0 Å². The monoisotopic (exact) mass is 477 g/mol. The van der Waals surface area contributed by atoms with Crippen molar-refractivity contribution in [2.45, 2.75) is 32.6 Å². The average molecular weight is 478 g/mol. The summed E-state index contributed by atoms with van der Waals surface area (Å²) in [5.74, 6) is -3.27. The number of amides is 2. The first-order valence-electron chi connectivity index (χ1n) is 10.9. The first-order valence-corrected chi connectivity index (χ1v) is 11.9. The number of ether oxygens (including phenoxy) is 1. The highest BCUT2D eigenvalue weighted by Gasteiger charge is 2.44. The predicted octanol–water partition coefficient (Wildman–Crippen LogP) is 4.23. The Labute approximate surface area is 203 Å². The second kappa shape index (κ2) is 11.0. The number of nitrogens with one attached hydrogen (secondary N) is 2. The van der Waals surface area contributed by atoms with Gasteiger partial charge in [0.1, 0.15) is 5.92 Å². The minimum absolute atomic E-state index is 0.0168. The molecule has 1 aliphatic heterocycles. The fourth-order valence-corrected chi connectivity index (χ4v) is 4.65. The minimum Gasteiger partial charge on any atom is -0.468 e. The fourth-order valence-electron chi connectivity index (χ4n) is 3.81. The van der Waals surface area contributed by atoms with Crippen LogP contribution in [0.25, 0.3) is 0 Å². The minimum atomic E-state index is -1.20. The average Bonchev–Trinajstić information content (AvgIpc) is 2.83. The molecule has 0 aromatic heterocycles. The summed E-state index contributed by atoms with van der Waals surface area (Å²) >= 11 is 1.06. The smallest absolute Gasteiger partial charge is 0.319 e. The lowest BCUT2D eigenvalue weighted by molar-refractivity contribution is -0.150. The topological polar surface area (TPSA) is 108 Å². The Morgan fingerprint density at radius 1 is 1.18 bits per heavy atom. The summed E-state index contributed by atoms with van der Waals surface area (Å²) in [5.41, 5.74) is 3.61. The number of anilines is 1. The SMILES string of the molecule is COC(=O)[C@@H]1C(=O)NC(SCC(=O)Nc2ccccc2C)=C(C#N)[C@@H]1c1ccc(C(C)C)cc1. The maximum absolute atomic E-state index is 12.9. The Morgan fingerprint density at radius 3 is 2.44 bits per heavy atom. The zero-order chi connectivity index (χ0) is 24.8. The molecule has 0 bridgehead atoms. The van der Waals surface area contributed by atoms with Crippen molar-refractivity contribution in [1.82, 2.24) is 5.32 Å². The van der Waals surface area contributed by atoms with E-state index in [1.54, 1.807) is 6.07 Å². The van der Waals surface area contributed by atoms with Crippen molar-refractivity contribution in [3.05, 3.63) is 75.8 Å². The molecular weight excluding hydrogens is 450 g/mol. The highest BCUT2D eigenvalue weighted by atomic mass is 32.2. The Hall–Kier alpha value is -3.57. The molecule has 0 aliphatic carbocycles. The second-order valence-electron chi connectivity index (χ2n) is 8.30. The van der Waals surface area contributed by atoms with Gasteiger partial charge < -0.3 is 15.4 Å². The molecule has 1 aliphatic rings. The summed E-state index contributed by atoms with van der Waals surface area (Å²) in [4.78, 5) is 38.0. The first-order chi connectivity index (χ1) is 16.3. The number of carbonyl (C=O) groups is 3. The molecule has 3 rings (SSSR count). The van der Waals surface area contributed by atoms with Crippen molar-refractivity contribution < 1.29 is 19.1 Å². The molecular formula is C26H27N3O4S. The molecule has 0 spiro atoms. The summed E-state index contributed by atoms with van der Waals surface area (Å²) in [6.45, 7) is 6.03. The van der Waals surface area contributed by atoms with Gasteiger partial charge in [-0.25, -0.2) is 0 Å². The number of nitrogens with zero attached hydrogens (tertiary/aromatic N) is 1. The van der Waals surface area contributed by atoms with Gasteiger partial charge in [0.2, 0.25) is 11.8 Å². The van der Waals surface area contributed by atoms with Crippen LogP contribution >= 0.6 is 11.8 Å². The number of hydrogen-bond acceptors (Lipinski definition) is 6. The van der Waals surface area contributed by atoms with Crippen molar-refractivity contribution in [2.75, 3.05) is 18.2 Å². The molecule has 0 unspecified atom stereocenters. The molecule has 0 fully saturated rings. The van der Waals surface area contributed by atoms with E-state index >= 15 is 0 Å². The quantitative estimate of drug-likeness (QED) is 0.456. The standard InChI is InChI=1S/C26H27N3O4S/c1-15(2)17-9-11-18(12-10-17)22-19(13-27)25(29-24(31)23(22)26(32)33-4)34-14-21(30)28-20-8-6-5-7-16(20)3/h5-12,15,22-23H,14H2,1-4H3,(H,28,30)(H,29,31)/t22-,23-/m0/s1. The van der Waals surface area contributed by atoms with Crippen LogP contribution in [-0.2, 0) is 19.1 Å². The van der Waals surface area contributed by atoms with Crippen LogP contribution in [0.2, 0.25) is 0 Å². The van der Waals surface area contributed by atoms with Crippen LogP contribution in [0.5, 0.6) is 0 Å². The summed E-state index contributed by atoms with van der Waals surface area (Å²) < 4.78 is 4.87. The Morgan fingerprint density at radius 2 is 1.85 bits per heavy atom. The van der Waals surface area contributed by atoms with Crippen molar-refractivity contribution in [3.63, 3.8) is 0 Å². The largest absolute Gasteiger partial charge is 0.468 e. The summed E-state index contributed by atoms with van der Waals surface area (Å²) in [6, 6.07) is 17.1. The van der Waals surface area contributed by atoms with E-state index in [2.05, 4.69) is 30.6 Å². The number of allylic oxidation sites excluding steroid dienone is 1. The molecule has 0 saturated heterocycles. The van der Waals surface area contributed by atoms with Gasteiger partial charge in [0, 0.05) is 11.6 Å². The molecule has 0 radical (unpaired) electrons. The van der Waals surface area contributed by atoms with E-state index in [1.807, 2.05) is 49.4 Å². The Balaban J connectivity index is 1.91. The molecule has 2 N–H and O–H groups in total. The highest BCUT2D eigenvalue weighted by molar-refractivity contribution is 8.03. The molecule has 1 heterocycles. The van der Waals surface area contributed by atoms with Gasteiger partial charge in [-0.15, -0.1) is 0 Å². The highest BCUT2D eigenvalue weighted by Crippen LogP contribution is 2.40. The van der Waals surface area contributed by atoms with Crippen LogP contribution in [0, 0.1) is 24.2 Å². The Kier molecular flexibility index (Phi) is 8.13. The molecule has 2 aromatic rings. The van der Waals surface area contributed by atoms with E-state index in [0.29, 0.717) is 17.2 Å². The lowest BCUT2D eigenvalue weighted by atomic mass is 9.78. The number of carbonyl (C=O) groups excluding carboxylic acids is 3. The second-order valence-corrected chi connectivity index (χ2v) is 9.28. The molecule has 0 saturated carbocycles. The van der Waals surface area contributed by atoms with Crippen LogP contribution < -0.4 is 10.6 Å². The van der Waals surface area contributed by atoms with Crippen molar-refractivity contribution >= 4 is 35.2 Å². The molecule has 7 nitrogen and oxygen atoms in total. The third kappa shape index (κ3) is 5.49. The molecule has 2 amide bonds. The van der Waals surface area contributed by atoms with E-state index in [0.717, 1.165) is 22.9 Å². The number of esters is 1. The number of para-hydroxylation sites is 1. The lowest BCUT2D eigenvalue weighted by Gasteiger charge is -2.31. The number of thioether (sulfide) groups is 1. The number of methoxy groups -OCH3 is 1. The number of aryl methyl sites for hydroxylation is 1. The van der Waals surface area contributed by atoms with E-state index in [1.165, 1.54) is 7.11 Å². The van der Waals surface area contributed by atoms with Gasteiger partial charge in [-0.05, 0) is 35.6 Å². The molecule has 34 heavy (non-hydrogen) atoms. The van der Waals surface area contributed by atoms with Crippen molar-refractivity contribution in [2.24, 2.45) is 5.92 Å². The normalized spacial score (nSPS) is 17.7. The zero-order valence-corrected chi connectivity index (χ0v) is 20.4. The predicted molar refractivity (Wildman–Crippen MR) is 132 cm³/mol.